The van der Waals surface area contributed by atoms with Gasteiger partial charge in [-0.15, -0.1) is 11.6 Å². The molecule has 1 aromatic heterocycles. The van der Waals surface area contributed by atoms with E-state index in [-0.39, 0.29) is 10.3 Å². The van der Waals surface area contributed by atoms with E-state index in [9.17, 15) is 8.42 Å². The van der Waals surface area contributed by atoms with E-state index in [4.69, 9.17) is 16.7 Å². The van der Waals surface area contributed by atoms with Crippen LogP contribution in [0.4, 0.5) is 0 Å². The number of aromatic nitrogens is 1. The Morgan fingerprint density at radius 2 is 2.21 bits per heavy atom. The van der Waals surface area contributed by atoms with Gasteiger partial charge in [0.15, 0.2) is 0 Å². The van der Waals surface area contributed by atoms with Gasteiger partial charge in [0.05, 0.1) is 0 Å². The number of primary sulfonamides is 1. The van der Waals surface area contributed by atoms with Crippen LogP contribution < -0.4 is 5.14 Å². The zero-order valence-electron chi connectivity index (χ0n) is 7.64. The van der Waals surface area contributed by atoms with E-state index >= 15 is 0 Å². The van der Waals surface area contributed by atoms with Gasteiger partial charge in [0.25, 0.3) is 0 Å². The number of hydrogen-bond acceptors (Lipinski definition) is 3. The van der Waals surface area contributed by atoms with Crippen LogP contribution >= 0.6 is 11.6 Å². The smallest absolute Gasteiger partial charge is 0.239 e. The van der Waals surface area contributed by atoms with Crippen molar-refractivity contribution in [2.45, 2.75) is 23.6 Å². The fraction of sp³-hybridized carbons (Fsp3) is 0.375. The van der Waals surface area contributed by atoms with Crippen LogP contribution in [-0.2, 0) is 16.4 Å². The Balaban J connectivity index is 2.90. The Hall–Kier alpha value is -0.650. The largest absolute Gasteiger partial charge is 0.260 e. The van der Waals surface area contributed by atoms with Gasteiger partial charge in [0, 0.05) is 23.7 Å². The Labute approximate surface area is 88.1 Å². The molecule has 0 bridgehead atoms. The normalized spacial score (nSPS) is 13.9. The molecule has 1 heterocycles. The number of halogens is 1. The van der Waals surface area contributed by atoms with Crippen LogP contribution in [0.3, 0.4) is 0 Å². The summed E-state index contributed by atoms with van der Waals surface area (Å²) in [4.78, 5) is 3.96. The maximum Gasteiger partial charge on any atom is 0.239 e. The lowest BCUT2D eigenvalue weighted by Gasteiger charge is -2.02. The highest BCUT2D eigenvalue weighted by molar-refractivity contribution is 7.89. The first kappa shape index (κ1) is 11.4. The predicted octanol–water partition coefficient (Wildman–Crippen LogP) is 0.899. The third-order valence-corrected chi connectivity index (χ3v) is 2.67. The first-order valence-electron chi connectivity index (χ1n) is 4.01. The molecule has 0 saturated carbocycles. The summed E-state index contributed by atoms with van der Waals surface area (Å²) in [7, 11) is -3.64. The minimum absolute atomic E-state index is 0.0171. The minimum Gasteiger partial charge on any atom is -0.260 e. The molecular formula is C8H11ClN2O2S. The second kappa shape index (κ2) is 4.25. The molecule has 0 spiro atoms. The molecule has 0 aliphatic rings. The summed E-state index contributed by atoms with van der Waals surface area (Å²) in [5.41, 5.74) is 0.750. The number of nitrogens with two attached hydrogens (primary N) is 1. The highest BCUT2D eigenvalue weighted by Crippen LogP contribution is 2.08. The summed E-state index contributed by atoms with van der Waals surface area (Å²) in [6.07, 6.45) is 1.84. The van der Waals surface area contributed by atoms with Crippen LogP contribution in [0.1, 0.15) is 12.6 Å². The van der Waals surface area contributed by atoms with E-state index < -0.39 is 10.0 Å². The Kier molecular flexibility index (Phi) is 3.47. The molecule has 1 aromatic rings. The van der Waals surface area contributed by atoms with Crippen molar-refractivity contribution >= 4 is 21.6 Å². The van der Waals surface area contributed by atoms with Crippen molar-refractivity contribution < 1.29 is 8.42 Å². The van der Waals surface area contributed by atoms with Crippen LogP contribution in [0.5, 0.6) is 0 Å². The van der Waals surface area contributed by atoms with E-state index in [2.05, 4.69) is 4.98 Å². The van der Waals surface area contributed by atoms with Gasteiger partial charge in [-0.25, -0.2) is 13.6 Å². The molecule has 78 valence electrons. The lowest BCUT2D eigenvalue weighted by atomic mass is 10.2. The third-order valence-electron chi connectivity index (χ3n) is 1.62. The third kappa shape index (κ3) is 3.25. The molecule has 1 atom stereocenters. The molecule has 0 amide bonds. The average molecular weight is 235 g/mol. The average Bonchev–Trinajstić information content (AvgIpc) is 2.02. The van der Waals surface area contributed by atoms with E-state index in [1.807, 2.05) is 6.92 Å². The van der Waals surface area contributed by atoms with Gasteiger partial charge in [0.2, 0.25) is 10.0 Å². The summed E-state index contributed by atoms with van der Waals surface area (Å²) in [6.45, 7) is 1.84. The topological polar surface area (TPSA) is 73.1 Å². The van der Waals surface area contributed by atoms with Crippen LogP contribution in [0.2, 0.25) is 0 Å². The van der Waals surface area contributed by atoms with Crippen LogP contribution in [0.25, 0.3) is 0 Å². The molecule has 2 N–H and O–H groups in total. The standard InChI is InChI=1S/C8H11ClN2O2S/c1-6(9)4-7-2-3-8(5-11-7)14(10,12)13/h2-3,5-6H,4H2,1H3,(H2,10,12,13). The number of rotatable bonds is 3. The first-order chi connectivity index (χ1) is 6.39. The van der Waals surface area contributed by atoms with Gasteiger partial charge in [-0.05, 0) is 19.1 Å². The van der Waals surface area contributed by atoms with Crippen molar-refractivity contribution in [2.75, 3.05) is 0 Å². The monoisotopic (exact) mass is 234 g/mol. The van der Waals surface area contributed by atoms with E-state index in [0.29, 0.717) is 6.42 Å². The molecular weight excluding hydrogens is 224 g/mol. The fourth-order valence-electron chi connectivity index (χ4n) is 0.988. The van der Waals surface area contributed by atoms with E-state index in [0.717, 1.165) is 5.69 Å². The number of sulfonamides is 1. The molecule has 4 nitrogen and oxygen atoms in total. The zero-order valence-corrected chi connectivity index (χ0v) is 9.22. The summed E-state index contributed by atoms with van der Waals surface area (Å²) in [5.74, 6) is 0. The molecule has 0 radical (unpaired) electrons. The molecule has 14 heavy (non-hydrogen) atoms. The maximum atomic E-state index is 10.9. The lowest BCUT2D eigenvalue weighted by molar-refractivity contribution is 0.597. The van der Waals surface area contributed by atoms with Crippen LogP contribution in [0.15, 0.2) is 23.2 Å². The van der Waals surface area contributed by atoms with Crippen LogP contribution in [0, 0.1) is 0 Å². The molecule has 0 aliphatic heterocycles. The van der Waals surface area contributed by atoms with Crippen molar-refractivity contribution in [3.63, 3.8) is 0 Å². The molecule has 0 fully saturated rings. The van der Waals surface area contributed by atoms with Gasteiger partial charge in [-0.3, -0.25) is 4.98 Å². The van der Waals surface area contributed by atoms with E-state index in [1.54, 1.807) is 6.07 Å². The Morgan fingerprint density at radius 1 is 1.57 bits per heavy atom. The van der Waals surface area contributed by atoms with Gasteiger partial charge in [-0.2, -0.15) is 0 Å². The van der Waals surface area contributed by atoms with Gasteiger partial charge >= 0.3 is 0 Å². The number of pyridine rings is 1. The summed E-state index contributed by atoms with van der Waals surface area (Å²) >= 11 is 5.76. The summed E-state index contributed by atoms with van der Waals surface area (Å²) < 4.78 is 21.8. The number of nitrogens with zero attached hydrogens (tertiary/aromatic N) is 1. The highest BCUT2D eigenvalue weighted by Gasteiger charge is 2.08. The number of hydrogen-bond donors (Lipinski definition) is 1. The molecule has 1 rings (SSSR count). The van der Waals surface area contributed by atoms with Crippen molar-refractivity contribution in [3.05, 3.63) is 24.0 Å². The van der Waals surface area contributed by atoms with Gasteiger partial charge in [0.1, 0.15) is 4.90 Å². The summed E-state index contributed by atoms with van der Waals surface area (Å²) in [6, 6.07) is 3.04. The van der Waals surface area contributed by atoms with Crippen molar-refractivity contribution in [2.24, 2.45) is 5.14 Å². The number of alkyl halides is 1. The second-order valence-corrected chi connectivity index (χ2v) is 5.32. The molecule has 1 unspecified atom stereocenters. The second-order valence-electron chi connectivity index (χ2n) is 3.02. The predicted molar refractivity (Wildman–Crippen MR) is 54.6 cm³/mol. The molecule has 0 aromatic carbocycles. The minimum atomic E-state index is -3.64. The highest BCUT2D eigenvalue weighted by atomic mass is 35.5. The van der Waals surface area contributed by atoms with Gasteiger partial charge in [-0.1, -0.05) is 0 Å². The molecule has 6 heteroatoms. The Morgan fingerprint density at radius 3 is 2.57 bits per heavy atom. The maximum absolute atomic E-state index is 10.9. The van der Waals surface area contributed by atoms with Crippen molar-refractivity contribution in [1.29, 1.82) is 0 Å². The molecule has 0 aliphatic carbocycles. The van der Waals surface area contributed by atoms with Crippen molar-refractivity contribution in [1.82, 2.24) is 4.98 Å². The van der Waals surface area contributed by atoms with E-state index in [1.165, 1.54) is 12.3 Å². The van der Waals surface area contributed by atoms with Gasteiger partial charge < -0.3 is 0 Å². The quantitative estimate of drug-likeness (QED) is 0.790. The fourth-order valence-corrected chi connectivity index (χ4v) is 1.60. The SMILES string of the molecule is CC(Cl)Cc1ccc(S(N)(=O)=O)cn1. The Bertz CT molecular complexity index is 400. The first-order valence-corrected chi connectivity index (χ1v) is 5.99. The lowest BCUT2D eigenvalue weighted by Crippen LogP contribution is -2.12. The van der Waals surface area contributed by atoms with Crippen LogP contribution in [-0.4, -0.2) is 18.8 Å². The molecule has 0 saturated heterocycles. The van der Waals surface area contributed by atoms with Crippen molar-refractivity contribution in [3.8, 4) is 0 Å². The summed E-state index contributed by atoms with van der Waals surface area (Å²) in [5, 5.41) is 4.89. The zero-order chi connectivity index (χ0) is 10.8.